The second kappa shape index (κ2) is 6.71. The zero-order valence-electron chi connectivity index (χ0n) is 20.8. The third kappa shape index (κ3) is 2.52. The molecular formula is C30H28Cl2N2O2Se+2. The standard InChI is InChI=1S/C30H28Cl2N2O2Se/c1-19-23-17-15-21-9-3-5-11-25(21)29(23)35-37(31,32)33(19)27-13-7-8-14-28(27)34(37)20(2)24-18-16-22-10-4-6-12-26(22)30(24)36-37/h3-6,9-12,15-18,27-28H,7-8,13-14H2,1-2H3/q+2/t27-,28-/m1/s1. The van der Waals surface area contributed by atoms with Crippen molar-refractivity contribution in [1.29, 1.82) is 0 Å². The summed E-state index contributed by atoms with van der Waals surface area (Å²) in [5.41, 5.74) is 4.12. The van der Waals surface area contributed by atoms with Crippen LogP contribution in [0.3, 0.4) is 0 Å². The van der Waals surface area contributed by atoms with E-state index in [4.69, 9.17) is 27.8 Å². The number of hydrogen-bond acceptors (Lipinski definition) is 2. The number of hydrogen-bond donors (Lipinski definition) is 0. The number of fused-ring (bicyclic) bond motifs is 9. The molecule has 4 aromatic rings. The van der Waals surface area contributed by atoms with Crippen molar-refractivity contribution in [2.24, 2.45) is 0 Å². The van der Waals surface area contributed by atoms with Crippen LogP contribution in [-0.4, -0.2) is 40.7 Å². The minimum atomic E-state index is -5.94. The summed E-state index contributed by atoms with van der Waals surface area (Å²) >= 11 is 0. The van der Waals surface area contributed by atoms with Crippen LogP contribution in [0, 0.1) is 0 Å². The maximum absolute atomic E-state index is 8.21. The third-order valence-electron chi connectivity index (χ3n) is 8.80. The van der Waals surface area contributed by atoms with Gasteiger partial charge in [0.1, 0.15) is 0 Å². The van der Waals surface area contributed by atoms with Crippen LogP contribution in [0.1, 0.15) is 50.7 Å². The zero-order valence-corrected chi connectivity index (χ0v) is 24.0. The maximum atomic E-state index is 8.21. The molecule has 3 heterocycles. The molecule has 1 saturated heterocycles. The van der Waals surface area contributed by atoms with Crippen molar-refractivity contribution < 1.29 is 14.8 Å². The molecule has 1 aliphatic carbocycles. The number of rotatable bonds is 0. The van der Waals surface area contributed by atoms with Gasteiger partial charge in [0, 0.05) is 0 Å². The van der Waals surface area contributed by atoms with E-state index in [1.807, 2.05) is 24.3 Å². The first-order valence-corrected chi connectivity index (χ1v) is 20.4. The van der Waals surface area contributed by atoms with Gasteiger partial charge in [-0.1, -0.05) is 0 Å². The van der Waals surface area contributed by atoms with Crippen molar-refractivity contribution in [1.82, 2.24) is 0 Å². The molecule has 0 unspecified atom stereocenters. The molecule has 4 aliphatic rings. The van der Waals surface area contributed by atoms with Gasteiger partial charge >= 0.3 is 225 Å². The van der Waals surface area contributed by atoms with Crippen LogP contribution in [0.4, 0.5) is 0 Å². The van der Waals surface area contributed by atoms with Gasteiger partial charge in [-0.3, -0.25) is 0 Å². The Hall–Kier alpha value is -2.56. The summed E-state index contributed by atoms with van der Waals surface area (Å²) in [6, 6.07) is 25.3. The van der Waals surface area contributed by atoms with Gasteiger partial charge in [0.2, 0.25) is 0 Å². The summed E-state index contributed by atoms with van der Waals surface area (Å²) < 4.78 is 18.9. The average Bonchev–Trinajstić information content (AvgIpc) is 3.11. The van der Waals surface area contributed by atoms with Crippen LogP contribution in [-0.2, 0) is 0 Å². The van der Waals surface area contributed by atoms with Crippen molar-refractivity contribution in [3.8, 4) is 11.5 Å². The average molecular weight is 598 g/mol. The van der Waals surface area contributed by atoms with Crippen molar-refractivity contribution >= 4 is 63.2 Å². The summed E-state index contributed by atoms with van der Waals surface area (Å²) in [7, 11) is 10.5. The van der Waals surface area contributed by atoms with Gasteiger partial charge in [0.05, 0.1) is 0 Å². The van der Waals surface area contributed by atoms with E-state index in [2.05, 4.69) is 69.6 Å². The summed E-state index contributed by atoms with van der Waals surface area (Å²) in [6.45, 7) is 4.28. The molecule has 7 heteroatoms. The Morgan fingerprint density at radius 2 is 1.08 bits per heavy atom. The Balaban J connectivity index is 1.56. The molecule has 2 fully saturated rings. The number of benzene rings is 4. The summed E-state index contributed by atoms with van der Waals surface area (Å²) in [4.78, 5) is 0. The van der Waals surface area contributed by atoms with Gasteiger partial charge in [-0.15, -0.1) is 0 Å². The molecule has 0 aromatic heterocycles. The monoisotopic (exact) mass is 598 g/mol. The Morgan fingerprint density at radius 3 is 1.54 bits per heavy atom. The van der Waals surface area contributed by atoms with E-state index in [1.165, 1.54) is 0 Å². The molecule has 3 aliphatic heterocycles. The van der Waals surface area contributed by atoms with E-state index in [0.717, 1.165) is 69.8 Å². The second-order valence-corrected chi connectivity index (χ2v) is 25.4. The molecule has 2 atom stereocenters. The fraction of sp³-hybridized carbons (Fsp3) is 0.267. The molecule has 188 valence electrons. The van der Waals surface area contributed by atoms with Crippen molar-refractivity contribution in [2.45, 2.75) is 51.6 Å². The first kappa shape index (κ1) is 22.4. The van der Waals surface area contributed by atoms with Crippen LogP contribution in [0.2, 0.25) is 0 Å². The second-order valence-electron chi connectivity index (χ2n) is 10.8. The van der Waals surface area contributed by atoms with Gasteiger partial charge < -0.3 is 0 Å². The van der Waals surface area contributed by atoms with Crippen molar-refractivity contribution in [3.63, 3.8) is 0 Å². The van der Waals surface area contributed by atoms with Crippen LogP contribution in [0.15, 0.2) is 72.8 Å². The molecule has 0 amide bonds. The van der Waals surface area contributed by atoms with Crippen LogP contribution < -0.4 is 7.64 Å². The fourth-order valence-electron chi connectivity index (χ4n) is 7.32. The summed E-state index contributed by atoms with van der Waals surface area (Å²) in [5.74, 6) is 1.43. The Kier molecular flexibility index (Phi) is 4.06. The topological polar surface area (TPSA) is 24.5 Å². The van der Waals surface area contributed by atoms with Crippen molar-refractivity contribution in [3.05, 3.63) is 83.9 Å². The number of halogens is 2. The van der Waals surface area contributed by atoms with Gasteiger partial charge in [0.25, 0.3) is 0 Å². The molecule has 0 bridgehead atoms. The van der Waals surface area contributed by atoms with E-state index in [1.54, 1.807) is 0 Å². The van der Waals surface area contributed by atoms with Gasteiger partial charge in [-0.2, -0.15) is 0 Å². The SMILES string of the molecule is CC1=[N+]2[C@@H]3CCCC[C@H]3[N+]3=C(C)c4ccc5ccccc5c4O[Se]23(Cl)(Cl)Oc2c1ccc1ccccc21. The molecular weight excluding hydrogens is 570 g/mol. The van der Waals surface area contributed by atoms with Crippen molar-refractivity contribution in [2.75, 3.05) is 0 Å². The Labute approximate surface area is 224 Å². The zero-order chi connectivity index (χ0) is 25.2. The molecule has 0 N–H and O–H groups in total. The molecule has 1 spiro atoms. The molecule has 1 saturated carbocycles. The quantitative estimate of drug-likeness (QED) is 0.199. The van der Waals surface area contributed by atoms with E-state index in [9.17, 15) is 0 Å². The van der Waals surface area contributed by atoms with Gasteiger partial charge in [0.15, 0.2) is 0 Å². The normalized spacial score (nSPS) is 27.8. The van der Waals surface area contributed by atoms with Crippen LogP contribution in [0.25, 0.3) is 21.5 Å². The van der Waals surface area contributed by atoms with Gasteiger partial charge in [-0.05, 0) is 0 Å². The van der Waals surface area contributed by atoms with Crippen LogP contribution in [0.5, 0.6) is 11.5 Å². The minimum absolute atomic E-state index is 0.105. The summed E-state index contributed by atoms with van der Waals surface area (Å²) in [5, 5.41) is 4.16. The Morgan fingerprint density at radius 1 is 0.649 bits per heavy atom. The predicted octanol–water partition coefficient (Wildman–Crippen LogP) is 7.26. The molecule has 8 rings (SSSR count). The molecule has 37 heavy (non-hydrogen) atoms. The number of nitrogens with zero attached hydrogens (tertiary/aromatic N) is 2. The molecule has 4 aromatic carbocycles. The van der Waals surface area contributed by atoms with E-state index in [0.29, 0.717) is 11.5 Å². The first-order valence-electron chi connectivity index (χ1n) is 13.0. The predicted molar refractivity (Wildman–Crippen MR) is 153 cm³/mol. The van der Waals surface area contributed by atoms with E-state index >= 15 is 0 Å². The molecule has 0 radical (unpaired) electrons. The van der Waals surface area contributed by atoms with Gasteiger partial charge in [-0.25, -0.2) is 0 Å². The van der Waals surface area contributed by atoms with E-state index < -0.39 is 10.0 Å². The van der Waals surface area contributed by atoms with Crippen LogP contribution >= 0.6 is 20.2 Å². The third-order valence-corrected chi connectivity index (χ3v) is 21.0. The Bertz CT molecular complexity index is 1680. The fourth-order valence-corrected chi connectivity index (χ4v) is 22.3. The van der Waals surface area contributed by atoms with E-state index in [-0.39, 0.29) is 12.1 Å². The molecule has 4 nitrogen and oxygen atoms in total. The summed E-state index contributed by atoms with van der Waals surface area (Å²) in [6.07, 6.45) is 4.26. The first-order chi connectivity index (χ1) is 17.8.